The number of alkyl halides is 1. The highest BCUT2D eigenvalue weighted by Crippen LogP contribution is 2.18. The Balaban J connectivity index is 2.65. The summed E-state index contributed by atoms with van der Waals surface area (Å²) in [6.07, 6.45) is -1.88. The van der Waals surface area contributed by atoms with Crippen LogP contribution in [0.25, 0.3) is 0 Å². The Morgan fingerprint density at radius 3 is 2.50 bits per heavy atom. The number of rotatable bonds is 5. The fourth-order valence-corrected chi connectivity index (χ4v) is 1.26. The molecule has 1 atom stereocenters. The molecule has 0 radical (unpaired) electrons. The Morgan fingerprint density at radius 1 is 1.50 bits per heavy atom. The first-order chi connectivity index (χ1) is 7.54. The molecule has 16 heavy (non-hydrogen) atoms. The van der Waals surface area contributed by atoms with Crippen LogP contribution in [0.4, 0.5) is 10.1 Å². The van der Waals surface area contributed by atoms with Crippen LogP contribution in [0.2, 0.25) is 0 Å². The number of nitrogens with zero attached hydrogens (tertiary/aromatic N) is 1. The van der Waals surface area contributed by atoms with E-state index in [1.807, 2.05) is 0 Å². The number of halogens is 1. The smallest absolute Gasteiger partial charge is 0.340 e. The minimum atomic E-state index is -1.88. The van der Waals surface area contributed by atoms with Gasteiger partial charge in [-0.15, -0.1) is 0 Å². The Labute approximate surface area is 93.3 Å². The van der Waals surface area contributed by atoms with Crippen molar-refractivity contribution < 1.29 is 19.0 Å². The van der Waals surface area contributed by atoms with Gasteiger partial charge in [-0.2, -0.15) is 0 Å². The summed E-state index contributed by atoms with van der Waals surface area (Å²) in [5.74, 6) is -0.743. The molecular weight excluding hydrogens is 213 g/mol. The van der Waals surface area contributed by atoms with Gasteiger partial charge in [0.05, 0.1) is 13.7 Å². The predicted molar refractivity (Wildman–Crippen MR) is 58.8 cm³/mol. The molecular formula is C11H14FNO3. The van der Waals surface area contributed by atoms with Gasteiger partial charge >= 0.3 is 5.97 Å². The summed E-state index contributed by atoms with van der Waals surface area (Å²) in [6, 6.07) is 6.96. The van der Waals surface area contributed by atoms with Crippen molar-refractivity contribution in [3.8, 4) is 5.75 Å². The highest BCUT2D eigenvalue weighted by atomic mass is 19.1. The van der Waals surface area contributed by atoms with Gasteiger partial charge in [0.25, 0.3) is 0 Å². The first-order valence-corrected chi connectivity index (χ1v) is 4.76. The second-order valence-electron chi connectivity index (χ2n) is 3.38. The Bertz CT molecular complexity index is 353. The molecule has 0 aliphatic heterocycles. The highest BCUT2D eigenvalue weighted by Gasteiger charge is 2.18. The minimum Gasteiger partial charge on any atom is -0.497 e. The molecule has 1 N–H and O–H groups in total. The number of carboxylic acids is 1. The first kappa shape index (κ1) is 12.3. The molecule has 0 heterocycles. The lowest BCUT2D eigenvalue weighted by atomic mass is 10.2. The van der Waals surface area contributed by atoms with Crippen LogP contribution in [-0.4, -0.2) is 37.9 Å². The minimum absolute atomic E-state index is 0.179. The monoisotopic (exact) mass is 227 g/mol. The molecule has 0 saturated heterocycles. The number of benzene rings is 1. The average Bonchev–Trinajstić information content (AvgIpc) is 2.28. The van der Waals surface area contributed by atoms with E-state index >= 15 is 0 Å². The van der Waals surface area contributed by atoms with Crippen molar-refractivity contribution in [1.29, 1.82) is 0 Å². The lowest BCUT2D eigenvalue weighted by molar-refractivity contribution is -0.142. The van der Waals surface area contributed by atoms with Crippen LogP contribution in [0, 0.1) is 0 Å². The SMILES string of the molecule is COc1ccc(N(C)CC(F)C(=O)O)cc1. The van der Waals surface area contributed by atoms with Gasteiger partial charge in [0, 0.05) is 12.7 Å². The second kappa shape index (κ2) is 5.34. The van der Waals surface area contributed by atoms with Crippen molar-refractivity contribution in [1.82, 2.24) is 0 Å². The van der Waals surface area contributed by atoms with E-state index in [0.29, 0.717) is 5.75 Å². The van der Waals surface area contributed by atoms with Crippen LogP contribution in [0.1, 0.15) is 0 Å². The lowest BCUT2D eigenvalue weighted by Crippen LogP contribution is -2.31. The van der Waals surface area contributed by atoms with Crippen molar-refractivity contribution in [2.24, 2.45) is 0 Å². The third-order valence-corrected chi connectivity index (χ3v) is 2.22. The van der Waals surface area contributed by atoms with Crippen LogP contribution < -0.4 is 9.64 Å². The summed E-state index contributed by atoms with van der Waals surface area (Å²) in [5.41, 5.74) is 0.740. The van der Waals surface area contributed by atoms with Gasteiger partial charge in [-0.3, -0.25) is 0 Å². The number of carboxylic acid groups (broad SMARTS) is 1. The molecule has 5 heteroatoms. The van der Waals surface area contributed by atoms with Gasteiger partial charge in [-0.1, -0.05) is 0 Å². The lowest BCUT2D eigenvalue weighted by Gasteiger charge is -2.20. The fourth-order valence-electron chi connectivity index (χ4n) is 1.26. The van der Waals surface area contributed by atoms with E-state index in [-0.39, 0.29) is 6.54 Å². The average molecular weight is 227 g/mol. The molecule has 1 aromatic rings. The topological polar surface area (TPSA) is 49.8 Å². The number of hydrogen-bond donors (Lipinski definition) is 1. The van der Waals surface area contributed by atoms with E-state index < -0.39 is 12.1 Å². The first-order valence-electron chi connectivity index (χ1n) is 4.76. The van der Waals surface area contributed by atoms with Gasteiger partial charge in [0.1, 0.15) is 5.75 Å². The molecule has 88 valence electrons. The molecule has 0 spiro atoms. The summed E-state index contributed by atoms with van der Waals surface area (Å²) in [6.45, 7) is -0.179. The van der Waals surface area contributed by atoms with Crippen molar-refractivity contribution in [3.63, 3.8) is 0 Å². The van der Waals surface area contributed by atoms with E-state index in [1.165, 1.54) is 4.90 Å². The molecule has 0 fully saturated rings. The fraction of sp³-hybridized carbons (Fsp3) is 0.364. The van der Waals surface area contributed by atoms with Crippen LogP contribution >= 0.6 is 0 Å². The maximum Gasteiger partial charge on any atom is 0.340 e. The summed E-state index contributed by atoms with van der Waals surface area (Å²) >= 11 is 0. The van der Waals surface area contributed by atoms with Crippen LogP contribution in [0.3, 0.4) is 0 Å². The zero-order chi connectivity index (χ0) is 12.1. The van der Waals surface area contributed by atoms with E-state index in [9.17, 15) is 9.18 Å². The van der Waals surface area contributed by atoms with Crippen LogP contribution in [0.15, 0.2) is 24.3 Å². The Kier molecular flexibility index (Phi) is 4.10. The molecule has 1 aromatic carbocycles. The molecule has 1 unspecified atom stereocenters. The van der Waals surface area contributed by atoms with E-state index in [1.54, 1.807) is 38.4 Å². The number of ether oxygens (including phenoxy) is 1. The summed E-state index contributed by atoms with van der Waals surface area (Å²) in [4.78, 5) is 11.9. The molecule has 0 saturated carbocycles. The van der Waals surface area contributed by atoms with E-state index in [2.05, 4.69) is 0 Å². The molecule has 4 nitrogen and oxygen atoms in total. The van der Waals surface area contributed by atoms with Gasteiger partial charge in [0.2, 0.25) is 6.17 Å². The molecule has 0 amide bonds. The van der Waals surface area contributed by atoms with E-state index in [4.69, 9.17) is 9.84 Å². The largest absolute Gasteiger partial charge is 0.497 e. The molecule has 0 aliphatic rings. The van der Waals surface area contributed by atoms with Gasteiger partial charge in [-0.25, -0.2) is 9.18 Å². The number of methoxy groups -OCH3 is 1. The molecule has 0 bridgehead atoms. The van der Waals surface area contributed by atoms with Crippen molar-refractivity contribution in [2.75, 3.05) is 25.6 Å². The second-order valence-corrected chi connectivity index (χ2v) is 3.38. The Hall–Kier alpha value is -1.78. The number of anilines is 1. The number of aliphatic carboxylic acids is 1. The maximum absolute atomic E-state index is 12.9. The normalized spacial score (nSPS) is 11.9. The highest BCUT2D eigenvalue weighted by molar-refractivity contribution is 5.73. The van der Waals surface area contributed by atoms with E-state index in [0.717, 1.165) is 5.69 Å². The third kappa shape index (κ3) is 3.12. The van der Waals surface area contributed by atoms with Crippen molar-refractivity contribution in [2.45, 2.75) is 6.17 Å². The Morgan fingerprint density at radius 2 is 2.06 bits per heavy atom. The predicted octanol–water partition coefficient (Wildman–Crippen LogP) is 1.55. The quantitative estimate of drug-likeness (QED) is 0.829. The van der Waals surface area contributed by atoms with Gasteiger partial charge < -0.3 is 14.7 Å². The van der Waals surface area contributed by atoms with Crippen LogP contribution in [0.5, 0.6) is 5.75 Å². The zero-order valence-corrected chi connectivity index (χ0v) is 9.18. The maximum atomic E-state index is 12.9. The molecule has 1 rings (SSSR count). The van der Waals surface area contributed by atoms with Crippen molar-refractivity contribution >= 4 is 11.7 Å². The van der Waals surface area contributed by atoms with Crippen molar-refractivity contribution in [3.05, 3.63) is 24.3 Å². The third-order valence-electron chi connectivity index (χ3n) is 2.22. The zero-order valence-electron chi connectivity index (χ0n) is 9.18. The molecule has 0 aliphatic carbocycles. The van der Waals surface area contributed by atoms with Crippen LogP contribution in [-0.2, 0) is 4.79 Å². The standard InChI is InChI=1S/C11H14FNO3/c1-13(7-10(12)11(14)15)8-3-5-9(16-2)6-4-8/h3-6,10H,7H2,1-2H3,(H,14,15). The van der Waals surface area contributed by atoms with Gasteiger partial charge in [-0.05, 0) is 24.3 Å². The number of hydrogen-bond acceptors (Lipinski definition) is 3. The van der Waals surface area contributed by atoms with Gasteiger partial charge in [0.15, 0.2) is 0 Å². The number of carbonyl (C=O) groups is 1. The summed E-state index contributed by atoms with van der Waals surface area (Å²) < 4.78 is 17.9. The summed E-state index contributed by atoms with van der Waals surface area (Å²) in [7, 11) is 3.19. The molecule has 0 aromatic heterocycles. The summed E-state index contributed by atoms with van der Waals surface area (Å²) in [5, 5.41) is 8.44.